The molecule has 2 aromatic rings. The third kappa shape index (κ3) is 6.16. The molecular weight excluding hydrogens is 507 g/mol. The highest BCUT2D eigenvalue weighted by Gasteiger charge is 2.25. The molecule has 1 fully saturated rings. The van der Waals surface area contributed by atoms with Gasteiger partial charge in [0.15, 0.2) is 5.96 Å². The fourth-order valence-corrected chi connectivity index (χ4v) is 5.26. The number of sulfonamides is 1. The van der Waals surface area contributed by atoms with E-state index in [2.05, 4.69) is 44.2 Å². The zero-order chi connectivity index (χ0) is 19.1. The van der Waals surface area contributed by atoms with Gasteiger partial charge in [-0.1, -0.05) is 36.4 Å². The number of benzene rings is 1. The number of rotatable bonds is 7. The van der Waals surface area contributed by atoms with Gasteiger partial charge in [-0.05, 0) is 30.4 Å². The molecule has 0 bridgehead atoms. The number of hydrogen-bond donors (Lipinski definition) is 2. The van der Waals surface area contributed by atoms with E-state index in [1.807, 2.05) is 13.0 Å². The topological polar surface area (TPSA) is 73.8 Å². The van der Waals surface area contributed by atoms with Gasteiger partial charge in [0.2, 0.25) is 10.0 Å². The van der Waals surface area contributed by atoms with Crippen LogP contribution in [0.1, 0.15) is 24.8 Å². The van der Waals surface area contributed by atoms with Crippen LogP contribution in [-0.4, -0.2) is 52.0 Å². The monoisotopic (exact) mass is 534 g/mol. The summed E-state index contributed by atoms with van der Waals surface area (Å²) in [5, 5.41) is 5.08. The van der Waals surface area contributed by atoms with E-state index < -0.39 is 10.0 Å². The van der Waals surface area contributed by atoms with Crippen LogP contribution in [0.5, 0.6) is 0 Å². The lowest BCUT2D eigenvalue weighted by atomic mass is 9.99. The van der Waals surface area contributed by atoms with Gasteiger partial charge < -0.3 is 10.2 Å². The summed E-state index contributed by atoms with van der Waals surface area (Å²) in [6.07, 6.45) is 1.10. The standard InChI is InChI=1S/C19H26N4O2S2.HI/c1-2-20-19(21-11-12-22-27(24,25)18-9-6-14-26-18)23-13-10-17(15-23)16-7-4-3-5-8-16;/h3-9,14,17,22H,2,10-13,15H2,1H3,(H,20,21);1H. The Bertz CT molecular complexity index is 842. The number of halogens is 1. The van der Waals surface area contributed by atoms with Crippen molar-refractivity contribution in [3.05, 3.63) is 53.4 Å². The molecule has 1 aromatic heterocycles. The average molecular weight is 534 g/mol. The van der Waals surface area contributed by atoms with E-state index in [1.165, 1.54) is 16.9 Å². The van der Waals surface area contributed by atoms with Gasteiger partial charge in [-0.3, -0.25) is 4.99 Å². The molecule has 1 saturated heterocycles. The van der Waals surface area contributed by atoms with Crippen molar-refractivity contribution >= 4 is 51.3 Å². The van der Waals surface area contributed by atoms with Crippen LogP contribution >= 0.6 is 35.3 Å². The van der Waals surface area contributed by atoms with Crippen molar-refractivity contribution < 1.29 is 8.42 Å². The Kier molecular flexibility index (Phi) is 9.19. The molecule has 9 heteroatoms. The smallest absolute Gasteiger partial charge is 0.250 e. The Labute approximate surface area is 188 Å². The van der Waals surface area contributed by atoms with Crippen molar-refractivity contribution in [1.82, 2.24) is 14.9 Å². The van der Waals surface area contributed by atoms with Gasteiger partial charge in [-0.15, -0.1) is 35.3 Å². The summed E-state index contributed by atoms with van der Waals surface area (Å²) < 4.78 is 27.2. The maximum Gasteiger partial charge on any atom is 0.250 e. The minimum absolute atomic E-state index is 0. The van der Waals surface area contributed by atoms with Crippen molar-refractivity contribution in [2.24, 2.45) is 4.99 Å². The third-order valence-electron chi connectivity index (χ3n) is 4.52. The lowest BCUT2D eigenvalue weighted by molar-refractivity contribution is 0.486. The van der Waals surface area contributed by atoms with Gasteiger partial charge in [-0.25, -0.2) is 13.1 Å². The molecule has 3 rings (SSSR count). The SMILES string of the molecule is CCNC(=NCCNS(=O)(=O)c1cccs1)N1CCC(c2ccccc2)C1.I. The molecule has 1 aliphatic rings. The van der Waals surface area contributed by atoms with E-state index in [9.17, 15) is 8.42 Å². The van der Waals surface area contributed by atoms with E-state index in [4.69, 9.17) is 0 Å². The zero-order valence-corrected chi connectivity index (χ0v) is 19.8. The van der Waals surface area contributed by atoms with Crippen molar-refractivity contribution in [1.29, 1.82) is 0 Å². The van der Waals surface area contributed by atoms with Crippen LogP contribution in [-0.2, 0) is 10.0 Å². The quantitative estimate of drug-likeness (QED) is 0.248. The van der Waals surface area contributed by atoms with Crippen molar-refractivity contribution in [3.8, 4) is 0 Å². The van der Waals surface area contributed by atoms with Gasteiger partial charge in [-0.2, -0.15) is 0 Å². The molecule has 0 amide bonds. The van der Waals surface area contributed by atoms with E-state index in [-0.39, 0.29) is 30.5 Å². The van der Waals surface area contributed by atoms with Crippen molar-refractivity contribution in [2.75, 3.05) is 32.7 Å². The summed E-state index contributed by atoms with van der Waals surface area (Å²) >= 11 is 1.21. The van der Waals surface area contributed by atoms with Crippen LogP contribution in [0.3, 0.4) is 0 Å². The van der Waals surface area contributed by atoms with Crippen LogP contribution in [0.2, 0.25) is 0 Å². The Hall–Kier alpha value is -1.17. The Balaban J connectivity index is 0.00000280. The molecular formula is C19H27IN4O2S2. The number of aliphatic imine (C=N–C) groups is 1. The van der Waals surface area contributed by atoms with Gasteiger partial charge in [0.25, 0.3) is 0 Å². The van der Waals surface area contributed by atoms with Crippen LogP contribution in [0.25, 0.3) is 0 Å². The predicted molar refractivity (Wildman–Crippen MR) is 126 cm³/mol. The minimum Gasteiger partial charge on any atom is -0.357 e. The molecule has 0 aliphatic carbocycles. The number of guanidine groups is 1. The zero-order valence-electron chi connectivity index (χ0n) is 15.9. The lowest BCUT2D eigenvalue weighted by Crippen LogP contribution is -2.40. The summed E-state index contributed by atoms with van der Waals surface area (Å²) in [7, 11) is -3.43. The second kappa shape index (κ2) is 11.1. The number of nitrogens with zero attached hydrogens (tertiary/aromatic N) is 2. The van der Waals surface area contributed by atoms with Crippen LogP contribution in [0.15, 0.2) is 57.0 Å². The molecule has 154 valence electrons. The fraction of sp³-hybridized carbons (Fsp3) is 0.421. The van der Waals surface area contributed by atoms with Gasteiger partial charge in [0.1, 0.15) is 4.21 Å². The summed E-state index contributed by atoms with van der Waals surface area (Å²) in [5.41, 5.74) is 1.36. The molecule has 0 spiro atoms. The van der Waals surface area contributed by atoms with Crippen molar-refractivity contribution in [3.63, 3.8) is 0 Å². The second-order valence-corrected chi connectivity index (χ2v) is 9.35. The van der Waals surface area contributed by atoms with Gasteiger partial charge in [0.05, 0.1) is 6.54 Å². The van der Waals surface area contributed by atoms with Crippen LogP contribution in [0, 0.1) is 0 Å². The Morgan fingerprint density at radius 2 is 2.04 bits per heavy atom. The number of hydrogen-bond acceptors (Lipinski definition) is 4. The highest BCUT2D eigenvalue weighted by atomic mass is 127. The summed E-state index contributed by atoms with van der Waals surface area (Å²) in [5.74, 6) is 1.36. The molecule has 6 nitrogen and oxygen atoms in total. The summed E-state index contributed by atoms with van der Waals surface area (Å²) in [4.78, 5) is 6.87. The molecule has 28 heavy (non-hydrogen) atoms. The number of thiophene rings is 1. The van der Waals surface area contributed by atoms with E-state index in [0.29, 0.717) is 16.7 Å². The minimum atomic E-state index is -3.43. The molecule has 0 saturated carbocycles. The normalized spacial score (nSPS) is 17.4. The Morgan fingerprint density at radius 1 is 1.25 bits per heavy atom. The average Bonchev–Trinajstić information content (AvgIpc) is 3.37. The molecule has 2 heterocycles. The first-order valence-electron chi connectivity index (χ1n) is 9.21. The van der Waals surface area contributed by atoms with Crippen LogP contribution < -0.4 is 10.0 Å². The van der Waals surface area contributed by atoms with Gasteiger partial charge in [0, 0.05) is 32.1 Å². The van der Waals surface area contributed by atoms with Crippen LogP contribution in [0.4, 0.5) is 0 Å². The molecule has 0 radical (unpaired) electrons. The van der Waals surface area contributed by atoms with Crippen molar-refractivity contribution in [2.45, 2.75) is 23.5 Å². The summed E-state index contributed by atoms with van der Waals surface area (Å²) in [6, 6.07) is 13.9. The third-order valence-corrected chi connectivity index (χ3v) is 7.38. The van der Waals surface area contributed by atoms with E-state index >= 15 is 0 Å². The first kappa shape index (κ1) is 23.1. The fourth-order valence-electron chi connectivity index (χ4n) is 3.21. The highest BCUT2D eigenvalue weighted by Crippen LogP contribution is 2.26. The predicted octanol–water partition coefficient (Wildman–Crippen LogP) is 3.10. The number of likely N-dealkylation sites (tertiary alicyclic amines) is 1. The molecule has 1 aliphatic heterocycles. The maximum absolute atomic E-state index is 12.1. The second-order valence-electron chi connectivity index (χ2n) is 6.41. The molecule has 1 unspecified atom stereocenters. The first-order chi connectivity index (χ1) is 13.1. The first-order valence-corrected chi connectivity index (χ1v) is 11.6. The number of nitrogens with one attached hydrogen (secondary N) is 2. The largest absolute Gasteiger partial charge is 0.357 e. The Morgan fingerprint density at radius 3 is 2.71 bits per heavy atom. The molecule has 1 aromatic carbocycles. The highest BCUT2D eigenvalue weighted by molar-refractivity contribution is 14.0. The van der Waals surface area contributed by atoms with E-state index in [0.717, 1.165) is 32.0 Å². The maximum atomic E-state index is 12.1. The van der Waals surface area contributed by atoms with Gasteiger partial charge >= 0.3 is 0 Å². The van der Waals surface area contributed by atoms with E-state index in [1.54, 1.807) is 17.5 Å². The molecule has 1 atom stereocenters. The molecule has 2 N–H and O–H groups in total. The lowest BCUT2D eigenvalue weighted by Gasteiger charge is -2.21. The summed E-state index contributed by atoms with van der Waals surface area (Å²) in [6.45, 7) is 5.39.